The molecule has 2 fully saturated rings. The predicted octanol–water partition coefficient (Wildman–Crippen LogP) is 3.01. The van der Waals surface area contributed by atoms with Crippen molar-refractivity contribution in [3.63, 3.8) is 0 Å². The molecule has 3 heteroatoms. The molecule has 0 bridgehead atoms. The van der Waals surface area contributed by atoms with Gasteiger partial charge in [-0.05, 0) is 54.7 Å². The van der Waals surface area contributed by atoms with Crippen molar-refractivity contribution in [3.05, 3.63) is 35.4 Å². The third-order valence-electron chi connectivity index (χ3n) is 4.06. The quantitative estimate of drug-likeness (QED) is 0.819. The van der Waals surface area contributed by atoms with Gasteiger partial charge in [0.15, 0.2) is 0 Å². The third-order valence-corrected chi connectivity index (χ3v) is 4.06. The van der Waals surface area contributed by atoms with Gasteiger partial charge in [-0.2, -0.15) is 0 Å². The Morgan fingerprint density at radius 2 is 1.56 bits per heavy atom. The molecule has 0 amide bonds. The Morgan fingerprint density at radius 3 is 2.12 bits per heavy atom. The Hall–Kier alpha value is -0.960. The fourth-order valence-electron chi connectivity index (χ4n) is 3.09. The molecule has 1 aromatic carbocycles. The number of hydrogen-bond acceptors (Lipinski definition) is 1. The minimum atomic E-state index is -0.534. The van der Waals surface area contributed by atoms with Crippen LogP contribution in [0.3, 0.4) is 0 Å². The summed E-state index contributed by atoms with van der Waals surface area (Å²) >= 11 is 0. The second-order valence-electron chi connectivity index (χ2n) is 5.22. The first-order chi connectivity index (χ1) is 7.63. The van der Waals surface area contributed by atoms with E-state index in [2.05, 4.69) is 0 Å². The summed E-state index contributed by atoms with van der Waals surface area (Å²) < 4.78 is 26.1. The summed E-state index contributed by atoms with van der Waals surface area (Å²) in [5.41, 5.74) is 6.69. The van der Waals surface area contributed by atoms with Crippen molar-refractivity contribution in [2.75, 3.05) is 0 Å². The van der Waals surface area contributed by atoms with E-state index >= 15 is 0 Å². The van der Waals surface area contributed by atoms with Gasteiger partial charge in [-0.3, -0.25) is 0 Å². The lowest BCUT2D eigenvalue weighted by Crippen LogP contribution is -2.20. The van der Waals surface area contributed by atoms with Gasteiger partial charge in [0.1, 0.15) is 11.6 Å². The lowest BCUT2D eigenvalue weighted by Gasteiger charge is -2.21. The summed E-state index contributed by atoms with van der Waals surface area (Å²) in [6, 6.07) is 3.40. The molecule has 0 radical (unpaired) electrons. The molecule has 1 nitrogen and oxygen atoms in total. The molecule has 0 aromatic heterocycles. The van der Waals surface area contributed by atoms with E-state index in [9.17, 15) is 8.78 Å². The van der Waals surface area contributed by atoms with Gasteiger partial charge < -0.3 is 5.73 Å². The fraction of sp³-hybridized carbons (Fsp3) is 0.538. The molecule has 2 aliphatic rings. The van der Waals surface area contributed by atoms with Crippen LogP contribution in [-0.4, -0.2) is 0 Å². The molecule has 2 N–H and O–H groups in total. The molecular weight excluding hydrogens is 208 g/mol. The molecule has 2 aliphatic carbocycles. The van der Waals surface area contributed by atoms with Crippen molar-refractivity contribution in [1.82, 2.24) is 0 Å². The van der Waals surface area contributed by atoms with Gasteiger partial charge in [-0.15, -0.1) is 0 Å². The largest absolute Gasteiger partial charge is 0.324 e. The van der Waals surface area contributed by atoms with E-state index in [1.807, 2.05) is 0 Å². The monoisotopic (exact) mass is 223 g/mol. The van der Waals surface area contributed by atoms with Gasteiger partial charge in [0.25, 0.3) is 0 Å². The van der Waals surface area contributed by atoms with E-state index in [0.717, 1.165) is 30.7 Å². The SMILES string of the molecule is NC(c1cc(F)cc(F)c1)C1CC2CC2C1. The minimum Gasteiger partial charge on any atom is -0.324 e. The third kappa shape index (κ3) is 1.73. The van der Waals surface area contributed by atoms with Gasteiger partial charge in [-0.25, -0.2) is 8.78 Å². The van der Waals surface area contributed by atoms with E-state index in [-0.39, 0.29) is 6.04 Å². The van der Waals surface area contributed by atoms with Crippen molar-refractivity contribution < 1.29 is 8.78 Å². The van der Waals surface area contributed by atoms with Crippen LogP contribution in [0.25, 0.3) is 0 Å². The van der Waals surface area contributed by atoms with Gasteiger partial charge >= 0.3 is 0 Å². The maximum absolute atomic E-state index is 13.1. The second-order valence-corrected chi connectivity index (χ2v) is 5.22. The number of hydrogen-bond donors (Lipinski definition) is 1. The van der Waals surface area contributed by atoms with Crippen molar-refractivity contribution in [1.29, 1.82) is 0 Å². The van der Waals surface area contributed by atoms with E-state index < -0.39 is 11.6 Å². The molecular formula is C13H15F2N. The topological polar surface area (TPSA) is 26.0 Å². The van der Waals surface area contributed by atoms with Crippen LogP contribution < -0.4 is 5.73 Å². The van der Waals surface area contributed by atoms with Crippen LogP contribution in [0.15, 0.2) is 18.2 Å². The highest BCUT2D eigenvalue weighted by Crippen LogP contribution is 2.56. The summed E-state index contributed by atoms with van der Waals surface area (Å²) in [6.07, 6.45) is 3.59. The van der Waals surface area contributed by atoms with E-state index in [0.29, 0.717) is 11.5 Å². The van der Waals surface area contributed by atoms with Crippen molar-refractivity contribution in [3.8, 4) is 0 Å². The average Bonchev–Trinajstić information content (AvgIpc) is 2.83. The van der Waals surface area contributed by atoms with Crippen LogP contribution in [0.2, 0.25) is 0 Å². The van der Waals surface area contributed by atoms with E-state index in [1.54, 1.807) is 0 Å². The summed E-state index contributed by atoms with van der Waals surface area (Å²) in [7, 11) is 0. The van der Waals surface area contributed by atoms with Crippen molar-refractivity contribution >= 4 is 0 Å². The molecule has 3 rings (SSSR count). The highest BCUT2D eigenvalue weighted by molar-refractivity contribution is 5.22. The lowest BCUT2D eigenvalue weighted by molar-refractivity contribution is 0.401. The molecule has 1 aromatic rings. The fourth-order valence-corrected chi connectivity index (χ4v) is 3.09. The Bertz CT molecular complexity index is 388. The average molecular weight is 223 g/mol. The molecule has 0 saturated heterocycles. The molecule has 86 valence electrons. The molecule has 0 heterocycles. The zero-order valence-corrected chi connectivity index (χ0v) is 9.00. The Balaban J connectivity index is 1.80. The number of benzene rings is 1. The number of nitrogens with two attached hydrogens (primary N) is 1. The van der Waals surface area contributed by atoms with Gasteiger partial charge in [0.2, 0.25) is 0 Å². The lowest BCUT2D eigenvalue weighted by atomic mass is 9.90. The standard InChI is InChI=1S/C13H15F2N/c14-11-4-10(5-12(15)6-11)13(16)9-2-7-1-8(7)3-9/h4-9,13H,1-3,16H2. The summed E-state index contributed by atoms with van der Waals surface area (Å²) in [4.78, 5) is 0. The van der Waals surface area contributed by atoms with Gasteiger partial charge in [0.05, 0.1) is 0 Å². The summed E-state index contributed by atoms with van der Waals surface area (Å²) in [5.74, 6) is 1.02. The molecule has 0 aliphatic heterocycles. The molecule has 0 spiro atoms. The van der Waals surface area contributed by atoms with Crippen LogP contribution in [0, 0.1) is 29.4 Å². The number of rotatable bonds is 2. The zero-order valence-electron chi connectivity index (χ0n) is 9.00. The first kappa shape index (κ1) is 10.2. The number of halogens is 2. The van der Waals surface area contributed by atoms with E-state index in [1.165, 1.54) is 18.6 Å². The first-order valence-electron chi connectivity index (χ1n) is 5.85. The van der Waals surface area contributed by atoms with Crippen LogP contribution >= 0.6 is 0 Å². The molecule has 3 atom stereocenters. The normalized spacial score (nSPS) is 33.6. The van der Waals surface area contributed by atoms with Crippen LogP contribution in [-0.2, 0) is 0 Å². The van der Waals surface area contributed by atoms with Gasteiger partial charge in [-0.1, -0.05) is 0 Å². The molecule has 3 unspecified atom stereocenters. The van der Waals surface area contributed by atoms with Crippen LogP contribution in [0.5, 0.6) is 0 Å². The highest BCUT2D eigenvalue weighted by atomic mass is 19.1. The van der Waals surface area contributed by atoms with Gasteiger partial charge in [0, 0.05) is 12.1 Å². The minimum absolute atomic E-state index is 0.210. The van der Waals surface area contributed by atoms with Crippen molar-refractivity contribution in [2.45, 2.75) is 25.3 Å². The number of fused-ring (bicyclic) bond motifs is 1. The molecule has 16 heavy (non-hydrogen) atoms. The smallest absolute Gasteiger partial charge is 0.126 e. The Labute approximate surface area is 93.6 Å². The highest BCUT2D eigenvalue weighted by Gasteiger charge is 2.47. The molecule has 2 saturated carbocycles. The summed E-state index contributed by atoms with van der Waals surface area (Å²) in [6.45, 7) is 0. The zero-order chi connectivity index (χ0) is 11.3. The summed E-state index contributed by atoms with van der Waals surface area (Å²) in [5, 5.41) is 0. The Morgan fingerprint density at radius 1 is 1.00 bits per heavy atom. The second kappa shape index (κ2) is 3.52. The maximum atomic E-state index is 13.1. The van der Waals surface area contributed by atoms with Crippen molar-refractivity contribution in [2.24, 2.45) is 23.5 Å². The maximum Gasteiger partial charge on any atom is 0.126 e. The van der Waals surface area contributed by atoms with Crippen LogP contribution in [0.4, 0.5) is 8.78 Å². The van der Waals surface area contributed by atoms with E-state index in [4.69, 9.17) is 5.73 Å². The first-order valence-corrected chi connectivity index (χ1v) is 5.85. The van der Waals surface area contributed by atoms with Crippen LogP contribution in [0.1, 0.15) is 30.9 Å². The Kier molecular flexibility index (Phi) is 2.25. The predicted molar refractivity (Wildman–Crippen MR) is 57.6 cm³/mol.